The first-order valence-electron chi connectivity index (χ1n) is 5.73. The molecule has 7 nitrogen and oxygen atoms in total. The average molecular weight is 250 g/mol. The van der Waals surface area contributed by atoms with Crippen molar-refractivity contribution in [3.63, 3.8) is 0 Å². The third-order valence-corrected chi connectivity index (χ3v) is 2.29. The third-order valence-electron chi connectivity index (χ3n) is 2.29. The normalized spacial score (nSPS) is 10.9. The van der Waals surface area contributed by atoms with E-state index in [1.54, 1.807) is 0 Å². The highest BCUT2D eigenvalue weighted by Gasteiger charge is 2.08. The first-order valence-corrected chi connectivity index (χ1v) is 5.73. The molecule has 0 aliphatic heterocycles. The zero-order valence-corrected chi connectivity index (χ0v) is 10.9. The van der Waals surface area contributed by atoms with Gasteiger partial charge in [0.05, 0.1) is 6.54 Å². The van der Waals surface area contributed by atoms with E-state index in [1.165, 1.54) is 6.39 Å². The first-order chi connectivity index (χ1) is 8.69. The predicted molar refractivity (Wildman–Crippen MR) is 69.2 cm³/mol. The van der Waals surface area contributed by atoms with Gasteiger partial charge >= 0.3 is 0 Å². The molecule has 1 heterocycles. The number of hydrogen-bond donors (Lipinski definition) is 2. The Hall–Kier alpha value is -2.23. The van der Waals surface area contributed by atoms with Crippen molar-refractivity contribution in [1.29, 1.82) is 5.26 Å². The topological polar surface area (TPSA) is 89.5 Å². The molecule has 0 amide bonds. The van der Waals surface area contributed by atoms with Crippen LogP contribution in [0.3, 0.4) is 0 Å². The van der Waals surface area contributed by atoms with E-state index >= 15 is 0 Å². The Morgan fingerprint density at radius 1 is 1.67 bits per heavy atom. The number of aryl methyl sites for hydroxylation is 1. The Bertz CT molecular complexity index is 433. The summed E-state index contributed by atoms with van der Waals surface area (Å²) in [5.41, 5.74) is 0.850. The number of nitriles is 1. The summed E-state index contributed by atoms with van der Waals surface area (Å²) < 4.78 is 5.26. The standard InChI is InChI=1S/C11H18N6O/c1-4-13-11(15-7-12)14-5-6-17(3)10-9(2)16-8-18-10/h8H,4-6H2,1-3H3,(H2,13,14,15). The molecule has 0 radical (unpaired) electrons. The molecule has 98 valence electrons. The Balaban J connectivity index is 2.47. The minimum atomic E-state index is 0.489. The van der Waals surface area contributed by atoms with Crippen LogP contribution >= 0.6 is 0 Å². The van der Waals surface area contributed by atoms with Crippen LogP contribution < -0.4 is 15.5 Å². The number of aromatic nitrogens is 1. The lowest BCUT2D eigenvalue weighted by molar-refractivity contribution is 0.547. The number of nitrogens with zero attached hydrogens (tertiary/aromatic N) is 4. The van der Waals surface area contributed by atoms with Gasteiger partial charge in [0.25, 0.3) is 0 Å². The van der Waals surface area contributed by atoms with E-state index in [4.69, 9.17) is 9.68 Å². The van der Waals surface area contributed by atoms with E-state index < -0.39 is 0 Å². The van der Waals surface area contributed by atoms with Crippen LogP contribution in [0.4, 0.5) is 5.88 Å². The van der Waals surface area contributed by atoms with Crippen molar-refractivity contribution < 1.29 is 4.42 Å². The minimum absolute atomic E-state index is 0.489. The van der Waals surface area contributed by atoms with Crippen LogP contribution in [0, 0.1) is 18.4 Å². The Labute approximate surface area is 107 Å². The van der Waals surface area contributed by atoms with Gasteiger partial charge in [0.15, 0.2) is 12.6 Å². The molecule has 0 saturated heterocycles. The lowest BCUT2D eigenvalue weighted by Gasteiger charge is -2.15. The lowest BCUT2D eigenvalue weighted by atomic mass is 10.4. The van der Waals surface area contributed by atoms with Crippen LogP contribution in [0.2, 0.25) is 0 Å². The lowest BCUT2D eigenvalue weighted by Crippen LogP contribution is -2.35. The summed E-state index contributed by atoms with van der Waals surface area (Å²) in [6, 6.07) is 0. The Morgan fingerprint density at radius 3 is 3.00 bits per heavy atom. The summed E-state index contributed by atoms with van der Waals surface area (Å²) in [5.74, 6) is 1.23. The molecule has 0 saturated carbocycles. The van der Waals surface area contributed by atoms with Crippen molar-refractivity contribution in [2.24, 2.45) is 4.99 Å². The van der Waals surface area contributed by atoms with Crippen LogP contribution in [0.1, 0.15) is 12.6 Å². The molecule has 0 aromatic carbocycles. The second-order valence-electron chi connectivity index (χ2n) is 3.66. The van der Waals surface area contributed by atoms with Gasteiger partial charge < -0.3 is 14.6 Å². The number of oxazole rings is 1. The molecule has 7 heteroatoms. The van der Waals surface area contributed by atoms with E-state index in [1.807, 2.05) is 32.0 Å². The minimum Gasteiger partial charge on any atom is -0.428 e. The molecule has 18 heavy (non-hydrogen) atoms. The van der Waals surface area contributed by atoms with Crippen LogP contribution in [0.5, 0.6) is 0 Å². The fourth-order valence-corrected chi connectivity index (χ4v) is 1.44. The smallest absolute Gasteiger partial charge is 0.218 e. The number of rotatable bonds is 5. The Morgan fingerprint density at radius 2 is 2.44 bits per heavy atom. The number of guanidine groups is 1. The highest BCUT2D eigenvalue weighted by atomic mass is 16.4. The summed E-state index contributed by atoms with van der Waals surface area (Å²) in [5, 5.41) is 14.0. The van der Waals surface area contributed by atoms with E-state index in [0.29, 0.717) is 25.6 Å². The van der Waals surface area contributed by atoms with Gasteiger partial charge in [0.2, 0.25) is 11.8 Å². The molecule has 0 unspecified atom stereocenters. The molecular weight excluding hydrogens is 232 g/mol. The summed E-state index contributed by atoms with van der Waals surface area (Å²) in [4.78, 5) is 10.2. The van der Waals surface area contributed by atoms with E-state index in [-0.39, 0.29) is 0 Å². The molecule has 0 spiro atoms. The molecule has 0 fully saturated rings. The van der Waals surface area contributed by atoms with Crippen molar-refractivity contribution in [3.05, 3.63) is 12.1 Å². The van der Waals surface area contributed by atoms with Gasteiger partial charge in [-0.3, -0.25) is 10.3 Å². The molecule has 2 N–H and O–H groups in total. The largest absolute Gasteiger partial charge is 0.428 e. The van der Waals surface area contributed by atoms with E-state index in [9.17, 15) is 0 Å². The van der Waals surface area contributed by atoms with Crippen LogP contribution in [-0.2, 0) is 0 Å². The average Bonchev–Trinajstić information content (AvgIpc) is 2.76. The van der Waals surface area contributed by atoms with Gasteiger partial charge in [-0.25, -0.2) is 4.98 Å². The van der Waals surface area contributed by atoms with Gasteiger partial charge in [-0.2, -0.15) is 5.26 Å². The van der Waals surface area contributed by atoms with Crippen molar-refractivity contribution in [2.75, 3.05) is 31.6 Å². The summed E-state index contributed by atoms with van der Waals surface area (Å²) in [7, 11) is 1.91. The Kier molecular flexibility index (Phi) is 5.51. The first kappa shape index (κ1) is 13.8. The maximum atomic E-state index is 8.54. The maximum Gasteiger partial charge on any atom is 0.218 e. The van der Waals surface area contributed by atoms with Gasteiger partial charge in [-0.15, -0.1) is 0 Å². The maximum absolute atomic E-state index is 8.54. The highest BCUT2D eigenvalue weighted by molar-refractivity contribution is 5.81. The summed E-state index contributed by atoms with van der Waals surface area (Å²) in [6.45, 7) is 5.77. The van der Waals surface area contributed by atoms with Crippen LogP contribution in [0.25, 0.3) is 0 Å². The van der Waals surface area contributed by atoms with Crippen molar-refractivity contribution >= 4 is 11.8 Å². The monoisotopic (exact) mass is 250 g/mol. The van der Waals surface area contributed by atoms with Crippen molar-refractivity contribution in [2.45, 2.75) is 13.8 Å². The number of nitrogens with one attached hydrogen (secondary N) is 2. The quantitative estimate of drug-likeness (QED) is 0.341. The third kappa shape index (κ3) is 3.97. The fraction of sp³-hybridized carbons (Fsp3) is 0.545. The van der Waals surface area contributed by atoms with Gasteiger partial charge in [-0.05, 0) is 13.8 Å². The molecule has 0 bridgehead atoms. The number of aliphatic imine (C=N–C) groups is 1. The molecule has 1 rings (SSSR count). The number of likely N-dealkylation sites (N-methyl/N-ethyl adjacent to an activating group) is 1. The van der Waals surface area contributed by atoms with Crippen LogP contribution in [-0.4, -0.2) is 37.6 Å². The van der Waals surface area contributed by atoms with E-state index in [2.05, 4.69) is 20.6 Å². The van der Waals surface area contributed by atoms with Gasteiger partial charge in [0, 0.05) is 20.1 Å². The zero-order chi connectivity index (χ0) is 13.4. The SMILES string of the molecule is CCNC(=NCCN(C)c1ocnc1C)NC#N. The van der Waals surface area contributed by atoms with Crippen molar-refractivity contribution in [1.82, 2.24) is 15.6 Å². The van der Waals surface area contributed by atoms with Gasteiger partial charge in [0.1, 0.15) is 5.69 Å². The number of anilines is 1. The zero-order valence-electron chi connectivity index (χ0n) is 10.9. The molecule has 1 aromatic rings. The summed E-state index contributed by atoms with van der Waals surface area (Å²) >= 11 is 0. The molecule has 0 aliphatic rings. The summed E-state index contributed by atoms with van der Waals surface area (Å²) in [6.07, 6.45) is 3.26. The molecular formula is C11H18N6O. The molecule has 1 aromatic heterocycles. The fourth-order valence-electron chi connectivity index (χ4n) is 1.44. The molecule has 0 aliphatic carbocycles. The van der Waals surface area contributed by atoms with Crippen molar-refractivity contribution in [3.8, 4) is 6.19 Å². The molecule has 0 atom stereocenters. The second-order valence-corrected chi connectivity index (χ2v) is 3.66. The second kappa shape index (κ2) is 7.17. The predicted octanol–water partition coefficient (Wildman–Crippen LogP) is 0.455. The number of hydrogen-bond acceptors (Lipinski definition) is 5. The van der Waals surface area contributed by atoms with E-state index in [0.717, 1.165) is 11.6 Å². The van der Waals surface area contributed by atoms with Crippen LogP contribution in [0.15, 0.2) is 15.8 Å². The highest BCUT2D eigenvalue weighted by Crippen LogP contribution is 2.15. The van der Waals surface area contributed by atoms with Gasteiger partial charge in [-0.1, -0.05) is 0 Å².